The van der Waals surface area contributed by atoms with E-state index in [1.807, 2.05) is 30.3 Å². The van der Waals surface area contributed by atoms with Crippen molar-refractivity contribution < 1.29 is 13.6 Å². The van der Waals surface area contributed by atoms with Gasteiger partial charge in [-0.1, -0.05) is 44.5 Å². The molecule has 204 valence electrons. The SMILES string of the molecule is CC(C)(C)[Si](C)(C)OC[C@H](c1cccc(Cl)c1)n1ccc(-c2ccnc(N[C@H]3CCOC[C@H]3F)n2)cc1=O. The van der Waals surface area contributed by atoms with Crippen molar-refractivity contribution in [1.82, 2.24) is 14.5 Å². The molecule has 10 heteroatoms. The summed E-state index contributed by atoms with van der Waals surface area (Å²) in [7, 11) is -2.06. The van der Waals surface area contributed by atoms with Crippen LogP contribution in [0.2, 0.25) is 23.2 Å². The van der Waals surface area contributed by atoms with Gasteiger partial charge in [0.05, 0.1) is 31.0 Å². The topological polar surface area (TPSA) is 78.3 Å². The maximum absolute atomic E-state index is 14.2. The van der Waals surface area contributed by atoms with Gasteiger partial charge in [0.2, 0.25) is 5.95 Å². The van der Waals surface area contributed by atoms with E-state index in [-0.39, 0.29) is 23.2 Å². The molecule has 1 N–H and O–H groups in total. The molecule has 1 fully saturated rings. The quantitative estimate of drug-likeness (QED) is 0.336. The van der Waals surface area contributed by atoms with Crippen LogP contribution in [0.15, 0.2) is 59.7 Å². The normalized spacial score (nSPS) is 19.2. The van der Waals surface area contributed by atoms with Gasteiger partial charge in [0.25, 0.3) is 5.56 Å². The van der Waals surface area contributed by atoms with Crippen molar-refractivity contribution in [2.75, 3.05) is 25.1 Å². The van der Waals surface area contributed by atoms with E-state index < -0.39 is 20.5 Å². The van der Waals surface area contributed by atoms with Gasteiger partial charge in [-0.2, -0.15) is 0 Å². The molecule has 0 unspecified atom stereocenters. The van der Waals surface area contributed by atoms with Gasteiger partial charge in [0, 0.05) is 35.7 Å². The number of ether oxygens (including phenoxy) is 1. The number of alkyl halides is 1. The second-order valence-corrected chi connectivity index (χ2v) is 16.4. The molecule has 1 aliphatic heterocycles. The molecule has 4 rings (SSSR count). The largest absolute Gasteiger partial charge is 0.414 e. The van der Waals surface area contributed by atoms with Crippen LogP contribution in [-0.4, -0.2) is 54.9 Å². The number of anilines is 1. The molecule has 3 atom stereocenters. The van der Waals surface area contributed by atoms with E-state index in [1.165, 1.54) is 0 Å². The fraction of sp³-hybridized carbons (Fsp3) is 0.464. The van der Waals surface area contributed by atoms with Crippen LogP contribution in [0.1, 0.15) is 38.8 Å². The summed E-state index contributed by atoms with van der Waals surface area (Å²) in [4.78, 5) is 22.2. The third-order valence-electron chi connectivity index (χ3n) is 7.48. The van der Waals surface area contributed by atoms with E-state index in [9.17, 15) is 9.18 Å². The summed E-state index contributed by atoms with van der Waals surface area (Å²) in [5.41, 5.74) is 1.94. The molecular weight excluding hydrogens is 523 g/mol. The Balaban J connectivity index is 1.62. The van der Waals surface area contributed by atoms with Crippen molar-refractivity contribution in [2.45, 2.75) is 63.6 Å². The molecule has 0 amide bonds. The minimum Gasteiger partial charge on any atom is -0.414 e. The number of benzene rings is 1. The zero-order chi connectivity index (χ0) is 27.5. The molecule has 1 saturated heterocycles. The zero-order valence-electron chi connectivity index (χ0n) is 22.6. The van der Waals surface area contributed by atoms with Crippen molar-refractivity contribution in [1.29, 1.82) is 0 Å². The highest BCUT2D eigenvalue weighted by Crippen LogP contribution is 2.37. The molecule has 0 spiro atoms. The maximum atomic E-state index is 14.2. The first-order chi connectivity index (χ1) is 17.9. The summed E-state index contributed by atoms with van der Waals surface area (Å²) < 4.78 is 27.6. The molecule has 0 aliphatic carbocycles. The number of pyridine rings is 1. The Labute approximate surface area is 229 Å². The van der Waals surface area contributed by atoms with E-state index in [0.29, 0.717) is 41.9 Å². The van der Waals surface area contributed by atoms with E-state index in [0.717, 1.165) is 5.56 Å². The molecule has 3 aromatic rings. The fourth-order valence-electron chi connectivity index (χ4n) is 4.08. The van der Waals surface area contributed by atoms with Crippen LogP contribution in [0.4, 0.5) is 10.3 Å². The predicted octanol–water partition coefficient (Wildman–Crippen LogP) is 6.11. The Morgan fingerprint density at radius 1 is 1.26 bits per heavy atom. The van der Waals surface area contributed by atoms with Crippen LogP contribution >= 0.6 is 11.6 Å². The molecule has 38 heavy (non-hydrogen) atoms. The number of aromatic nitrogens is 3. The van der Waals surface area contributed by atoms with Crippen LogP contribution in [0.5, 0.6) is 0 Å². The Kier molecular flexibility index (Phi) is 8.71. The van der Waals surface area contributed by atoms with E-state index in [4.69, 9.17) is 20.8 Å². The van der Waals surface area contributed by atoms with Crippen molar-refractivity contribution >= 4 is 25.9 Å². The Hall–Kier alpha value is -2.59. The summed E-state index contributed by atoms with van der Waals surface area (Å²) in [5, 5.41) is 3.71. The molecule has 7 nitrogen and oxygen atoms in total. The number of rotatable bonds is 8. The first kappa shape index (κ1) is 28.4. The highest BCUT2D eigenvalue weighted by molar-refractivity contribution is 6.74. The number of hydrogen-bond acceptors (Lipinski definition) is 6. The van der Waals surface area contributed by atoms with Gasteiger partial charge in [-0.3, -0.25) is 4.79 Å². The Bertz CT molecular complexity index is 1310. The first-order valence-electron chi connectivity index (χ1n) is 12.9. The van der Waals surface area contributed by atoms with Crippen molar-refractivity contribution in [2.24, 2.45) is 0 Å². The van der Waals surface area contributed by atoms with Crippen molar-refractivity contribution in [3.63, 3.8) is 0 Å². The Morgan fingerprint density at radius 2 is 2.05 bits per heavy atom. The molecule has 1 aromatic carbocycles. The van der Waals surface area contributed by atoms with Gasteiger partial charge in [-0.05, 0) is 54.4 Å². The average molecular weight is 559 g/mol. The average Bonchev–Trinajstić information content (AvgIpc) is 2.86. The lowest BCUT2D eigenvalue weighted by molar-refractivity contribution is 0.0284. The summed E-state index contributed by atoms with van der Waals surface area (Å²) >= 11 is 6.31. The maximum Gasteiger partial charge on any atom is 0.251 e. The second kappa shape index (κ2) is 11.7. The van der Waals surface area contributed by atoms with Gasteiger partial charge >= 0.3 is 0 Å². The smallest absolute Gasteiger partial charge is 0.251 e. The van der Waals surface area contributed by atoms with Gasteiger partial charge in [0.1, 0.15) is 6.17 Å². The van der Waals surface area contributed by atoms with E-state index in [2.05, 4.69) is 49.1 Å². The fourth-order valence-corrected chi connectivity index (χ4v) is 5.29. The minimum atomic E-state index is -2.06. The standard InChI is InChI=1S/C28H36ClFN4O3Si/c1-28(2,3)38(4,5)37-18-25(20-7-6-8-21(29)15-20)34-13-10-19(16-26(34)35)23-9-12-31-27(32-23)33-24-11-14-36-17-22(24)30/h6-10,12-13,15-16,22,24-25H,11,14,17-18H2,1-5H3,(H,31,32,33)/t22-,24+,25-/m1/s1. The van der Waals surface area contributed by atoms with E-state index in [1.54, 1.807) is 29.1 Å². The third kappa shape index (κ3) is 6.69. The summed E-state index contributed by atoms with van der Waals surface area (Å²) in [6, 6.07) is 11.9. The highest BCUT2D eigenvalue weighted by atomic mass is 35.5. The predicted molar refractivity (Wildman–Crippen MR) is 152 cm³/mol. The van der Waals surface area contributed by atoms with Crippen LogP contribution < -0.4 is 10.9 Å². The van der Waals surface area contributed by atoms with Crippen LogP contribution in [-0.2, 0) is 9.16 Å². The van der Waals surface area contributed by atoms with Crippen LogP contribution in [0.3, 0.4) is 0 Å². The monoisotopic (exact) mass is 558 g/mol. The van der Waals surface area contributed by atoms with Gasteiger partial charge in [-0.25, -0.2) is 14.4 Å². The molecule has 0 radical (unpaired) electrons. The molecule has 0 bridgehead atoms. The molecule has 0 saturated carbocycles. The first-order valence-corrected chi connectivity index (χ1v) is 16.2. The summed E-state index contributed by atoms with van der Waals surface area (Å²) in [5.74, 6) is 0.320. The molecule has 3 heterocycles. The van der Waals surface area contributed by atoms with Gasteiger partial charge in [-0.15, -0.1) is 0 Å². The van der Waals surface area contributed by atoms with Crippen molar-refractivity contribution in [3.05, 3.63) is 75.8 Å². The third-order valence-corrected chi connectivity index (χ3v) is 12.2. The molecular formula is C28H36ClFN4O3Si. The lowest BCUT2D eigenvalue weighted by Gasteiger charge is -2.37. The summed E-state index contributed by atoms with van der Waals surface area (Å²) in [6.07, 6.45) is 2.78. The highest BCUT2D eigenvalue weighted by Gasteiger charge is 2.38. The minimum absolute atomic E-state index is 0.0340. The van der Waals surface area contributed by atoms with Gasteiger partial charge < -0.3 is 19.0 Å². The van der Waals surface area contributed by atoms with Crippen molar-refractivity contribution in [3.8, 4) is 11.3 Å². The van der Waals surface area contributed by atoms with Crippen LogP contribution in [0, 0.1) is 0 Å². The lowest BCUT2D eigenvalue weighted by atomic mass is 10.1. The number of nitrogens with one attached hydrogen (secondary N) is 1. The van der Waals surface area contributed by atoms with E-state index >= 15 is 0 Å². The molecule has 1 aliphatic rings. The number of hydrogen-bond donors (Lipinski definition) is 1. The summed E-state index contributed by atoms with van der Waals surface area (Å²) in [6.45, 7) is 11.9. The second-order valence-electron chi connectivity index (χ2n) is 11.2. The van der Waals surface area contributed by atoms with Gasteiger partial charge in [0.15, 0.2) is 8.32 Å². The zero-order valence-corrected chi connectivity index (χ0v) is 24.3. The number of halogens is 2. The Morgan fingerprint density at radius 3 is 2.74 bits per heavy atom. The lowest BCUT2D eigenvalue weighted by Crippen LogP contribution is -2.43. The van der Waals surface area contributed by atoms with Crippen LogP contribution in [0.25, 0.3) is 11.3 Å². The molecule has 2 aromatic heterocycles. The number of nitrogens with zero attached hydrogens (tertiary/aromatic N) is 3.